The summed E-state index contributed by atoms with van der Waals surface area (Å²) in [4.78, 5) is 14.5. The van der Waals surface area contributed by atoms with Crippen LogP contribution in [0.15, 0.2) is 18.2 Å². The Bertz CT molecular complexity index is 542. The van der Waals surface area contributed by atoms with Gasteiger partial charge in [0.2, 0.25) is 0 Å². The van der Waals surface area contributed by atoms with E-state index < -0.39 is 18.2 Å². The van der Waals surface area contributed by atoms with E-state index >= 15 is 0 Å². The van der Waals surface area contributed by atoms with Gasteiger partial charge in [-0.1, -0.05) is 6.92 Å². The molecule has 0 aliphatic carbocycles. The largest absolute Gasteiger partial charge is 0.497 e. The average molecular weight is 339 g/mol. The Morgan fingerprint density at radius 2 is 1.83 bits per heavy atom. The first-order chi connectivity index (χ1) is 11.5. The predicted molar refractivity (Wildman–Crippen MR) is 87.5 cm³/mol. The number of rotatable bonds is 6. The normalized spacial score (nSPS) is 23.6. The van der Waals surface area contributed by atoms with E-state index in [9.17, 15) is 15.0 Å². The van der Waals surface area contributed by atoms with Crippen LogP contribution in [0, 0.1) is 0 Å². The van der Waals surface area contributed by atoms with E-state index in [2.05, 4.69) is 0 Å². The van der Waals surface area contributed by atoms with Gasteiger partial charge in [-0.2, -0.15) is 0 Å². The number of benzene rings is 1. The van der Waals surface area contributed by atoms with E-state index in [0.717, 1.165) is 0 Å². The number of ether oxygens (including phenoxy) is 3. The number of amides is 1. The van der Waals surface area contributed by atoms with Crippen molar-refractivity contribution in [3.8, 4) is 11.5 Å². The van der Waals surface area contributed by atoms with Crippen molar-refractivity contribution in [2.24, 2.45) is 0 Å². The van der Waals surface area contributed by atoms with Crippen LogP contribution < -0.4 is 9.47 Å². The standard InChI is InChI=1S/C17H25NO6/c1-4-5-18(14-9-24-10-15(19)16(14)20)17(21)11-6-12(22-2)8-13(7-11)23-3/h6-8,14-16,19-20H,4-5,9-10H2,1-3H3/t14-,15-,16+/m1/s1. The molecular formula is C17H25NO6. The minimum absolute atomic E-state index is 0.0683. The molecule has 3 atom stereocenters. The van der Waals surface area contributed by atoms with Gasteiger partial charge in [-0.25, -0.2) is 0 Å². The smallest absolute Gasteiger partial charge is 0.254 e. The fourth-order valence-corrected chi connectivity index (χ4v) is 2.79. The molecule has 1 aromatic carbocycles. The molecule has 1 amide bonds. The van der Waals surface area contributed by atoms with Crippen molar-refractivity contribution in [2.75, 3.05) is 34.0 Å². The molecule has 7 nitrogen and oxygen atoms in total. The van der Waals surface area contributed by atoms with Crippen LogP contribution in [0.25, 0.3) is 0 Å². The Balaban J connectivity index is 2.32. The molecule has 0 saturated carbocycles. The first-order valence-corrected chi connectivity index (χ1v) is 7.99. The lowest BCUT2D eigenvalue weighted by Gasteiger charge is -2.39. The van der Waals surface area contributed by atoms with E-state index in [1.54, 1.807) is 23.1 Å². The molecule has 1 aromatic rings. The fraction of sp³-hybridized carbons (Fsp3) is 0.588. The maximum absolute atomic E-state index is 13.0. The topological polar surface area (TPSA) is 88.5 Å². The van der Waals surface area contributed by atoms with Gasteiger partial charge in [0.05, 0.1) is 33.5 Å². The average Bonchev–Trinajstić information content (AvgIpc) is 2.61. The van der Waals surface area contributed by atoms with Crippen LogP contribution in [-0.2, 0) is 4.74 Å². The molecule has 0 aromatic heterocycles. The molecule has 0 radical (unpaired) electrons. The zero-order valence-electron chi connectivity index (χ0n) is 14.3. The second kappa shape index (κ2) is 8.32. The molecule has 0 spiro atoms. The van der Waals surface area contributed by atoms with Crippen molar-refractivity contribution in [3.63, 3.8) is 0 Å². The lowest BCUT2D eigenvalue weighted by Crippen LogP contribution is -2.57. The molecule has 1 aliphatic heterocycles. The quantitative estimate of drug-likeness (QED) is 0.792. The Morgan fingerprint density at radius 3 is 2.38 bits per heavy atom. The van der Waals surface area contributed by atoms with Crippen molar-refractivity contribution >= 4 is 5.91 Å². The summed E-state index contributed by atoms with van der Waals surface area (Å²) in [7, 11) is 3.03. The first kappa shape index (κ1) is 18.5. The third-order valence-electron chi connectivity index (χ3n) is 4.09. The molecular weight excluding hydrogens is 314 g/mol. The highest BCUT2D eigenvalue weighted by Crippen LogP contribution is 2.25. The third kappa shape index (κ3) is 3.98. The number of carbonyl (C=O) groups is 1. The number of hydrogen-bond donors (Lipinski definition) is 2. The second-order valence-electron chi connectivity index (χ2n) is 5.76. The van der Waals surface area contributed by atoms with Gasteiger partial charge in [-0.3, -0.25) is 4.79 Å². The zero-order valence-corrected chi connectivity index (χ0v) is 14.3. The fourth-order valence-electron chi connectivity index (χ4n) is 2.79. The Morgan fingerprint density at radius 1 is 1.21 bits per heavy atom. The van der Waals surface area contributed by atoms with Gasteiger partial charge in [-0.15, -0.1) is 0 Å². The summed E-state index contributed by atoms with van der Waals surface area (Å²) in [6.45, 7) is 2.64. The molecule has 2 N–H and O–H groups in total. The minimum atomic E-state index is -1.04. The van der Waals surface area contributed by atoms with Gasteiger partial charge < -0.3 is 29.3 Å². The lowest BCUT2D eigenvalue weighted by atomic mass is 10.0. The molecule has 0 bridgehead atoms. The van der Waals surface area contributed by atoms with E-state index in [1.165, 1.54) is 14.2 Å². The predicted octanol–water partition coefficient (Wildman–Crippen LogP) is 0.677. The van der Waals surface area contributed by atoms with Gasteiger partial charge in [0, 0.05) is 18.2 Å². The van der Waals surface area contributed by atoms with Gasteiger partial charge in [0.15, 0.2) is 0 Å². The monoisotopic (exact) mass is 339 g/mol. The number of aliphatic hydroxyl groups is 2. The van der Waals surface area contributed by atoms with Crippen LogP contribution in [0.2, 0.25) is 0 Å². The molecule has 24 heavy (non-hydrogen) atoms. The van der Waals surface area contributed by atoms with Gasteiger partial charge in [0.1, 0.15) is 23.7 Å². The number of nitrogens with zero attached hydrogens (tertiary/aromatic N) is 1. The maximum Gasteiger partial charge on any atom is 0.254 e. The highest BCUT2D eigenvalue weighted by molar-refractivity contribution is 5.95. The summed E-state index contributed by atoms with van der Waals surface area (Å²) in [5, 5.41) is 20.1. The number of carbonyl (C=O) groups excluding carboxylic acids is 1. The second-order valence-corrected chi connectivity index (χ2v) is 5.76. The summed E-state index contributed by atoms with van der Waals surface area (Å²) >= 11 is 0. The van der Waals surface area contributed by atoms with E-state index in [0.29, 0.717) is 30.0 Å². The zero-order chi connectivity index (χ0) is 17.7. The summed E-state index contributed by atoms with van der Waals surface area (Å²) in [6, 6.07) is 4.34. The van der Waals surface area contributed by atoms with Crippen LogP contribution >= 0.6 is 0 Å². The van der Waals surface area contributed by atoms with Crippen molar-refractivity contribution in [2.45, 2.75) is 31.6 Å². The SMILES string of the molecule is CCCN(C(=O)c1cc(OC)cc(OC)c1)[C@@H]1COC[C@@H](O)[C@H]1O. The first-order valence-electron chi connectivity index (χ1n) is 7.99. The minimum Gasteiger partial charge on any atom is -0.497 e. The number of methoxy groups -OCH3 is 2. The Hall–Kier alpha value is -1.83. The summed E-state index contributed by atoms with van der Waals surface area (Å²) < 4.78 is 15.7. The van der Waals surface area contributed by atoms with Crippen molar-refractivity contribution in [1.82, 2.24) is 4.90 Å². The third-order valence-corrected chi connectivity index (χ3v) is 4.09. The van der Waals surface area contributed by atoms with Crippen LogP contribution in [0.3, 0.4) is 0 Å². The van der Waals surface area contributed by atoms with Crippen LogP contribution in [0.4, 0.5) is 0 Å². The molecule has 1 heterocycles. The molecule has 1 fully saturated rings. The maximum atomic E-state index is 13.0. The molecule has 2 rings (SSSR count). The van der Waals surface area contributed by atoms with E-state index in [-0.39, 0.29) is 19.1 Å². The van der Waals surface area contributed by atoms with Gasteiger partial charge >= 0.3 is 0 Å². The van der Waals surface area contributed by atoms with Crippen LogP contribution in [0.1, 0.15) is 23.7 Å². The molecule has 1 aliphatic rings. The molecule has 1 saturated heterocycles. The van der Waals surface area contributed by atoms with Crippen molar-refractivity contribution in [1.29, 1.82) is 0 Å². The molecule has 134 valence electrons. The van der Waals surface area contributed by atoms with Crippen LogP contribution in [0.5, 0.6) is 11.5 Å². The summed E-state index contributed by atoms with van der Waals surface area (Å²) in [6.07, 6.45) is -1.33. The number of aliphatic hydroxyl groups excluding tert-OH is 2. The van der Waals surface area contributed by atoms with Crippen LogP contribution in [-0.4, -0.2) is 73.2 Å². The molecule has 0 unspecified atom stereocenters. The summed E-state index contributed by atoms with van der Waals surface area (Å²) in [5.41, 5.74) is 0.395. The Labute approximate surface area is 141 Å². The highest BCUT2D eigenvalue weighted by Gasteiger charge is 2.37. The number of hydrogen-bond acceptors (Lipinski definition) is 6. The van der Waals surface area contributed by atoms with Crippen molar-refractivity contribution in [3.05, 3.63) is 23.8 Å². The highest BCUT2D eigenvalue weighted by atomic mass is 16.5. The van der Waals surface area contributed by atoms with Gasteiger partial charge in [-0.05, 0) is 18.6 Å². The summed E-state index contributed by atoms with van der Waals surface area (Å²) in [5.74, 6) is 0.750. The van der Waals surface area contributed by atoms with Gasteiger partial charge in [0.25, 0.3) is 5.91 Å². The van der Waals surface area contributed by atoms with Crippen molar-refractivity contribution < 1.29 is 29.2 Å². The Kier molecular flexibility index (Phi) is 6.42. The lowest BCUT2D eigenvalue weighted by molar-refractivity contribution is -0.125. The van der Waals surface area contributed by atoms with E-state index in [4.69, 9.17) is 14.2 Å². The van der Waals surface area contributed by atoms with E-state index in [1.807, 2.05) is 6.92 Å². The molecule has 7 heteroatoms.